The van der Waals surface area contributed by atoms with Crippen molar-refractivity contribution in [3.05, 3.63) is 78.4 Å². The summed E-state index contributed by atoms with van der Waals surface area (Å²) >= 11 is 0. The average molecular weight is 322 g/mol. The van der Waals surface area contributed by atoms with Gasteiger partial charge in [-0.1, -0.05) is 43.8 Å². The first-order valence-electron chi connectivity index (χ1n) is 7.54. The van der Waals surface area contributed by atoms with Gasteiger partial charge in [0, 0.05) is 12.2 Å². The third kappa shape index (κ3) is 4.95. The molecule has 0 saturated carbocycles. The number of aryl methyl sites for hydroxylation is 1. The van der Waals surface area contributed by atoms with Gasteiger partial charge in [0.15, 0.2) is 0 Å². The van der Waals surface area contributed by atoms with Crippen molar-refractivity contribution in [3.8, 4) is 11.5 Å². The minimum atomic E-state index is -0.517. The number of benzene rings is 2. The van der Waals surface area contributed by atoms with Crippen molar-refractivity contribution < 1.29 is 19.1 Å². The number of rotatable bonds is 6. The molecule has 0 atom stereocenters. The Hall–Kier alpha value is -3.14. The first-order chi connectivity index (χ1) is 11.6. The number of carbonyl (C=O) groups is 2. The van der Waals surface area contributed by atoms with Gasteiger partial charge in [0.2, 0.25) is 0 Å². The van der Waals surface area contributed by atoms with Crippen molar-refractivity contribution in [1.29, 1.82) is 0 Å². The molecule has 0 radical (unpaired) electrons. The van der Waals surface area contributed by atoms with Crippen LogP contribution in [-0.4, -0.2) is 11.9 Å². The van der Waals surface area contributed by atoms with Gasteiger partial charge in [-0.15, -0.1) is 0 Å². The summed E-state index contributed by atoms with van der Waals surface area (Å²) in [5.74, 6) is 0.0207. The molecule has 24 heavy (non-hydrogen) atoms. The molecule has 0 aromatic heterocycles. The van der Waals surface area contributed by atoms with Crippen LogP contribution in [-0.2, 0) is 16.0 Å². The summed E-state index contributed by atoms with van der Waals surface area (Å²) in [4.78, 5) is 23.0. The fourth-order valence-electron chi connectivity index (χ4n) is 2.01. The van der Waals surface area contributed by atoms with E-state index in [-0.39, 0.29) is 0 Å². The molecule has 0 heterocycles. The van der Waals surface area contributed by atoms with Crippen molar-refractivity contribution in [1.82, 2.24) is 0 Å². The quantitative estimate of drug-likeness (QED) is 0.459. The van der Waals surface area contributed by atoms with E-state index in [2.05, 4.69) is 6.58 Å². The molecule has 0 unspecified atom stereocenters. The summed E-state index contributed by atoms with van der Waals surface area (Å²) in [7, 11) is 0. The van der Waals surface area contributed by atoms with Gasteiger partial charge in [-0.05, 0) is 41.8 Å². The molecule has 0 saturated heterocycles. The number of carbonyl (C=O) groups excluding carboxylic acids is 2. The summed E-state index contributed by atoms with van der Waals surface area (Å²) in [6, 6.07) is 14.2. The zero-order valence-electron chi connectivity index (χ0n) is 13.4. The minimum absolute atomic E-state index is 0.413. The van der Waals surface area contributed by atoms with Crippen LogP contribution in [0.4, 0.5) is 0 Å². The van der Waals surface area contributed by atoms with Gasteiger partial charge in [0.05, 0.1) is 0 Å². The number of para-hydroxylation sites is 1. The maximum atomic E-state index is 11.9. The molecule has 122 valence electrons. The highest BCUT2D eigenvalue weighted by molar-refractivity contribution is 5.89. The fraction of sp³-hybridized carbons (Fsp3) is 0.100. The highest BCUT2D eigenvalue weighted by Crippen LogP contribution is 2.19. The Balaban J connectivity index is 1.98. The van der Waals surface area contributed by atoms with Crippen LogP contribution in [0.25, 0.3) is 6.08 Å². The molecule has 2 rings (SSSR count). The minimum Gasteiger partial charge on any atom is -0.423 e. The van der Waals surface area contributed by atoms with Crippen LogP contribution in [0.15, 0.2) is 67.3 Å². The van der Waals surface area contributed by atoms with Crippen molar-refractivity contribution in [2.45, 2.75) is 13.3 Å². The lowest BCUT2D eigenvalue weighted by Gasteiger charge is -2.06. The summed E-state index contributed by atoms with van der Waals surface area (Å²) < 4.78 is 10.3. The molecule has 0 amide bonds. The monoisotopic (exact) mass is 322 g/mol. The second kappa shape index (κ2) is 8.48. The Morgan fingerprint density at radius 3 is 2.38 bits per heavy atom. The average Bonchev–Trinajstić information content (AvgIpc) is 2.61. The highest BCUT2D eigenvalue weighted by atomic mass is 16.5. The lowest BCUT2D eigenvalue weighted by atomic mass is 10.1. The van der Waals surface area contributed by atoms with E-state index >= 15 is 0 Å². The molecule has 0 spiro atoms. The largest absolute Gasteiger partial charge is 0.423 e. The van der Waals surface area contributed by atoms with Gasteiger partial charge < -0.3 is 9.47 Å². The van der Waals surface area contributed by atoms with Gasteiger partial charge in [0.25, 0.3) is 0 Å². The summed E-state index contributed by atoms with van der Waals surface area (Å²) in [6.45, 7) is 5.34. The van der Waals surface area contributed by atoms with E-state index in [9.17, 15) is 9.59 Å². The summed E-state index contributed by atoms with van der Waals surface area (Å²) in [5.41, 5.74) is 1.77. The van der Waals surface area contributed by atoms with Crippen LogP contribution in [0.5, 0.6) is 11.5 Å². The molecule has 0 aliphatic carbocycles. The van der Waals surface area contributed by atoms with Gasteiger partial charge in [0.1, 0.15) is 11.5 Å². The van der Waals surface area contributed by atoms with E-state index in [1.807, 2.05) is 25.1 Å². The van der Waals surface area contributed by atoms with Crippen molar-refractivity contribution >= 4 is 18.0 Å². The van der Waals surface area contributed by atoms with Crippen LogP contribution in [0.1, 0.15) is 18.1 Å². The molecule has 0 bridgehead atoms. The molecule has 0 N–H and O–H groups in total. The molecular weight excluding hydrogens is 304 g/mol. The molecule has 4 nitrogen and oxygen atoms in total. The number of hydrogen-bond acceptors (Lipinski definition) is 4. The van der Waals surface area contributed by atoms with Gasteiger partial charge in [-0.3, -0.25) is 0 Å². The number of ether oxygens (including phenoxy) is 2. The maximum absolute atomic E-state index is 11.9. The molecule has 0 aliphatic heterocycles. The summed E-state index contributed by atoms with van der Waals surface area (Å²) in [6.07, 6.45) is 4.88. The predicted octanol–water partition coefficient (Wildman–Crippen LogP) is 3.96. The van der Waals surface area contributed by atoms with Crippen LogP contribution >= 0.6 is 0 Å². The van der Waals surface area contributed by atoms with E-state index < -0.39 is 11.9 Å². The van der Waals surface area contributed by atoms with Crippen LogP contribution in [0, 0.1) is 0 Å². The summed E-state index contributed by atoms with van der Waals surface area (Å²) in [5, 5.41) is 0. The van der Waals surface area contributed by atoms with E-state index in [0.29, 0.717) is 11.5 Å². The van der Waals surface area contributed by atoms with E-state index in [1.54, 1.807) is 36.4 Å². The molecular formula is C20H18O4. The number of hydrogen-bond donors (Lipinski definition) is 0. The zero-order chi connectivity index (χ0) is 17.4. The van der Waals surface area contributed by atoms with Gasteiger partial charge in [-0.25, -0.2) is 9.59 Å². The van der Waals surface area contributed by atoms with Crippen molar-refractivity contribution in [3.63, 3.8) is 0 Å². The molecule has 4 heteroatoms. The van der Waals surface area contributed by atoms with Crippen LogP contribution in [0.2, 0.25) is 0 Å². The lowest BCUT2D eigenvalue weighted by Crippen LogP contribution is -2.05. The van der Waals surface area contributed by atoms with E-state index in [0.717, 1.165) is 23.6 Å². The SMILES string of the molecule is C=CC(=O)Oc1ccc(/C=C/C(=O)Oc2ccccc2CC)cc1. The van der Waals surface area contributed by atoms with Gasteiger partial charge in [-0.2, -0.15) is 0 Å². The van der Waals surface area contributed by atoms with E-state index in [1.165, 1.54) is 6.08 Å². The lowest BCUT2D eigenvalue weighted by molar-refractivity contribution is -0.129. The predicted molar refractivity (Wildman–Crippen MR) is 92.8 cm³/mol. The highest BCUT2D eigenvalue weighted by Gasteiger charge is 2.05. The first-order valence-corrected chi connectivity index (χ1v) is 7.54. The maximum Gasteiger partial charge on any atom is 0.336 e. The van der Waals surface area contributed by atoms with Crippen molar-refractivity contribution in [2.75, 3.05) is 0 Å². The Morgan fingerprint density at radius 2 is 1.71 bits per heavy atom. The Morgan fingerprint density at radius 1 is 1.00 bits per heavy atom. The topological polar surface area (TPSA) is 52.6 Å². The molecule has 0 aliphatic rings. The van der Waals surface area contributed by atoms with Crippen LogP contribution in [0.3, 0.4) is 0 Å². The van der Waals surface area contributed by atoms with Crippen molar-refractivity contribution in [2.24, 2.45) is 0 Å². The zero-order valence-corrected chi connectivity index (χ0v) is 13.4. The second-order valence-corrected chi connectivity index (χ2v) is 4.91. The third-order valence-electron chi connectivity index (χ3n) is 3.24. The standard InChI is InChI=1S/C20H18O4/c1-3-16-7-5-6-8-18(16)24-20(22)14-11-15-9-12-17(13-10-15)23-19(21)4-2/h4-14H,2-3H2,1H3/b14-11+. The molecule has 0 fully saturated rings. The Kier molecular flexibility index (Phi) is 6.08. The first kappa shape index (κ1) is 17.2. The number of esters is 2. The van der Waals surface area contributed by atoms with Crippen LogP contribution < -0.4 is 9.47 Å². The fourth-order valence-corrected chi connectivity index (χ4v) is 2.01. The van der Waals surface area contributed by atoms with Gasteiger partial charge >= 0.3 is 11.9 Å². The third-order valence-corrected chi connectivity index (χ3v) is 3.24. The Bertz CT molecular complexity index is 757. The Labute approximate surface area is 141 Å². The normalized spacial score (nSPS) is 10.4. The second-order valence-electron chi connectivity index (χ2n) is 4.91. The molecule has 2 aromatic rings. The molecule has 2 aromatic carbocycles. The van der Waals surface area contributed by atoms with E-state index in [4.69, 9.17) is 9.47 Å². The smallest absolute Gasteiger partial charge is 0.336 e.